The van der Waals surface area contributed by atoms with Crippen molar-refractivity contribution in [3.8, 4) is 0 Å². The summed E-state index contributed by atoms with van der Waals surface area (Å²) in [5, 5.41) is 3.83. The summed E-state index contributed by atoms with van der Waals surface area (Å²) in [5.74, 6) is 0.616. The van der Waals surface area contributed by atoms with Gasteiger partial charge in [-0.25, -0.2) is 0 Å². The van der Waals surface area contributed by atoms with E-state index in [0.29, 0.717) is 43.5 Å². The Kier molecular flexibility index (Phi) is 4.52. The number of hydrogen-bond acceptors (Lipinski definition) is 6. The highest BCUT2D eigenvalue weighted by atomic mass is 16.5. The summed E-state index contributed by atoms with van der Waals surface area (Å²) in [5.41, 5.74) is 0.823. The molecule has 8 heteroatoms. The molecular weight excluding hydrogens is 360 g/mol. The molecule has 0 saturated carbocycles. The molecule has 0 radical (unpaired) electrons. The van der Waals surface area contributed by atoms with Gasteiger partial charge in [0.1, 0.15) is 11.3 Å². The lowest BCUT2D eigenvalue weighted by molar-refractivity contribution is 0.0284. The SMILES string of the molecule is O=C(N[C@@H]1C[C@H]2CCN(C2)C1)c1cc2oc(C(=O)N3CCOCC3)cc2cn1. The largest absolute Gasteiger partial charge is 0.451 e. The number of furan rings is 1. The zero-order valence-corrected chi connectivity index (χ0v) is 15.7. The van der Waals surface area contributed by atoms with Crippen molar-refractivity contribution in [2.24, 2.45) is 5.92 Å². The minimum Gasteiger partial charge on any atom is -0.451 e. The first-order chi connectivity index (χ1) is 13.7. The lowest BCUT2D eigenvalue weighted by Gasteiger charge is -2.30. The smallest absolute Gasteiger partial charge is 0.289 e. The summed E-state index contributed by atoms with van der Waals surface area (Å²) in [6.45, 7) is 5.39. The van der Waals surface area contributed by atoms with Gasteiger partial charge in [0.25, 0.3) is 11.8 Å². The Bertz CT molecular complexity index is 893. The van der Waals surface area contributed by atoms with Gasteiger partial charge in [-0.3, -0.25) is 14.6 Å². The highest BCUT2D eigenvalue weighted by molar-refractivity contribution is 5.98. The second-order valence-electron chi connectivity index (χ2n) is 7.94. The Hall–Kier alpha value is -2.45. The van der Waals surface area contributed by atoms with E-state index in [1.54, 1.807) is 23.2 Å². The molecule has 5 rings (SSSR count). The van der Waals surface area contributed by atoms with Gasteiger partial charge in [0, 0.05) is 49.9 Å². The molecule has 0 spiro atoms. The van der Waals surface area contributed by atoms with E-state index >= 15 is 0 Å². The second-order valence-corrected chi connectivity index (χ2v) is 7.94. The van der Waals surface area contributed by atoms with E-state index in [1.165, 1.54) is 6.42 Å². The fourth-order valence-electron chi connectivity index (χ4n) is 4.51. The van der Waals surface area contributed by atoms with E-state index in [9.17, 15) is 9.59 Å². The molecule has 0 aliphatic carbocycles. The molecule has 28 heavy (non-hydrogen) atoms. The number of carbonyl (C=O) groups excluding carboxylic acids is 2. The van der Waals surface area contributed by atoms with Crippen molar-refractivity contribution in [3.63, 3.8) is 0 Å². The molecule has 3 fully saturated rings. The Morgan fingerprint density at radius 1 is 1.14 bits per heavy atom. The van der Waals surface area contributed by atoms with Crippen LogP contribution in [0.5, 0.6) is 0 Å². The van der Waals surface area contributed by atoms with Gasteiger partial charge >= 0.3 is 0 Å². The number of rotatable bonds is 3. The van der Waals surface area contributed by atoms with Gasteiger partial charge in [0.2, 0.25) is 0 Å². The zero-order chi connectivity index (χ0) is 19.1. The van der Waals surface area contributed by atoms with Crippen molar-refractivity contribution in [1.29, 1.82) is 0 Å². The predicted octanol–water partition coefficient (Wildman–Crippen LogP) is 1.12. The first-order valence-corrected chi connectivity index (χ1v) is 9.95. The van der Waals surface area contributed by atoms with Crippen LogP contribution in [0.1, 0.15) is 33.9 Å². The van der Waals surface area contributed by atoms with E-state index in [-0.39, 0.29) is 23.6 Å². The number of piperidine rings is 1. The van der Waals surface area contributed by atoms with E-state index in [2.05, 4.69) is 15.2 Å². The number of aromatic nitrogens is 1. The average molecular weight is 384 g/mol. The molecule has 2 aromatic rings. The Balaban J connectivity index is 1.30. The minimum atomic E-state index is -0.188. The molecule has 0 aromatic carbocycles. The predicted molar refractivity (Wildman–Crippen MR) is 101 cm³/mol. The molecule has 3 saturated heterocycles. The summed E-state index contributed by atoms with van der Waals surface area (Å²) < 4.78 is 11.0. The topological polar surface area (TPSA) is 87.9 Å². The molecule has 1 N–H and O–H groups in total. The van der Waals surface area contributed by atoms with Crippen LogP contribution in [0.15, 0.2) is 22.7 Å². The van der Waals surface area contributed by atoms with Crippen molar-refractivity contribution in [2.75, 3.05) is 45.9 Å². The minimum absolute atomic E-state index is 0.155. The van der Waals surface area contributed by atoms with Crippen LogP contribution < -0.4 is 5.32 Å². The molecule has 2 bridgehead atoms. The normalized spacial score (nSPS) is 27.1. The third kappa shape index (κ3) is 3.38. The molecule has 3 atom stereocenters. The fourth-order valence-corrected chi connectivity index (χ4v) is 4.51. The van der Waals surface area contributed by atoms with E-state index in [0.717, 1.165) is 31.4 Å². The van der Waals surface area contributed by atoms with Gasteiger partial charge in [-0.2, -0.15) is 0 Å². The average Bonchev–Trinajstić information content (AvgIpc) is 3.30. The Labute approximate surface area is 162 Å². The van der Waals surface area contributed by atoms with E-state index in [1.807, 2.05) is 0 Å². The number of hydrogen-bond donors (Lipinski definition) is 1. The number of carbonyl (C=O) groups is 2. The highest BCUT2D eigenvalue weighted by Gasteiger charge is 2.33. The molecule has 5 heterocycles. The molecule has 148 valence electrons. The number of ether oxygens (including phenoxy) is 1. The summed E-state index contributed by atoms with van der Waals surface area (Å²) in [6, 6.07) is 3.48. The Morgan fingerprint density at radius 3 is 2.82 bits per heavy atom. The number of amides is 2. The van der Waals surface area contributed by atoms with Crippen LogP contribution in [0.4, 0.5) is 0 Å². The highest BCUT2D eigenvalue weighted by Crippen LogP contribution is 2.27. The third-order valence-corrected chi connectivity index (χ3v) is 5.94. The van der Waals surface area contributed by atoms with Crippen LogP contribution in [0, 0.1) is 5.92 Å². The molecule has 1 unspecified atom stereocenters. The van der Waals surface area contributed by atoms with Crippen molar-refractivity contribution in [2.45, 2.75) is 18.9 Å². The standard InChI is InChI=1S/C20H24N4O4/c25-19(22-15-7-13-1-2-23(11-13)12-15)16-9-17-14(10-21-16)8-18(28-17)20(26)24-3-5-27-6-4-24/h8-10,13,15H,1-7,11-12H2,(H,22,25)/t13-,15-/m1/s1. The number of pyridine rings is 1. The summed E-state index contributed by atoms with van der Waals surface area (Å²) in [7, 11) is 0. The summed E-state index contributed by atoms with van der Waals surface area (Å²) >= 11 is 0. The number of fused-ring (bicyclic) bond motifs is 3. The van der Waals surface area contributed by atoms with Gasteiger partial charge in [0.05, 0.1) is 13.2 Å². The number of nitrogens with zero attached hydrogens (tertiary/aromatic N) is 3. The lowest BCUT2D eigenvalue weighted by atomic mass is 9.97. The quantitative estimate of drug-likeness (QED) is 0.853. The van der Waals surface area contributed by atoms with Crippen LogP contribution >= 0.6 is 0 Å². The molecular formula is C20H24N4O4. The number of nitrogens with one attached hydrogen (secondary N) is 1. The van der Waals surface area contributed by atoms with E-state index < -0.39 is 0 Å². The van der Waals surface area contributed by atoms with Crippen molar-refractivity contribution >= 4 is 22.8 Å². The zero-order valence-electron chi connectivity index (χ0n) is 15.7. The molecule has 3 aliphatic rings. The maximum absolute atomic E-state index is 12.7. The number of morpholine rings is 1. The fraction of sp³-hybridized carbons (Fsp3) is 0.550. The van der Waals surface area contributed by atoms with Gasteiger partial charge in [0.15, 0.2) is 5.76 Å². The van der Waals surface area contributed by atoms with Gasteiger partial charge in [-0.05, 0) is 31.4 Å². The molecule has 3 aliphatic heterocycles. The van der Waals surface area contributed by atoms with Crippen LogP contribution in [0.3, 0.4) is 0 Å². The van der Waals surface area contributed by atoms with Gasteiger partial charge < -0.3 is 24.3 Å². The van der Waals surface area contributed by atoms with Crippen LogP contribution in [-0.2, 0) is 4.74 Å². The summed E-state index contributed by atoms with van der Waals surface area (Å²) in [6.07, 6.45) is 3.85. The van der Waals surface area contributed by atoms with Crippen LogP contribution in [0.25, 0.3) is 11.0 Å². The lowest BCUT2D eigenvalue weighted by Crippen LogP contribution is -2.47. The molecule has 2 amide bonds. The summed E-state index contributed by atoms with van der Waals surface area (Å²) in [4.78, 5) is 33.7. The Morgan fingerprint density at radius 2 is 2.00 bits per heavy atom. The maximum Gasteiger partial charge on any atom is 0.289 e. The van der Waals surface area contributed by atoms with Crippen LogP contribution in [-0.4, -0.2) is 78.6 Å². The van der Waals surface area contributed by atoms with Crippen LogP contribution in [0.2, 0.25) is 0 Å². The van der Waals surface area contributed by atoms with Crippen molar-refractivity contribution in [3.05, 3.63) is 29.8 Å². The first kappa shape index (κ1) is 17.6. The van der Waals surface area contributed by atoms with E-state index in [4.69, 9.17) is 9.15 Å². The third-order valence-electron chi connectivity index (χ3n) is 5.94. The molecule has 2 aromatic heterocycles. The van der Waals surface area contributed by atoms with Gasteiger partial charge in [-0.15, -0.1) is 0 Å². The monoisotopic (exact) mass is 384 g/mol. The first-order valence-electron chi connectivity index (χ1n) is 9.95. The van der Waals surface area contributed by atoms with Crippen molar-refractivity contribution < 1.29 is 18.7 Å². The maximum atomic E-state index is 12.7. The second kappa shape index (κ2) is 7.18. The van der Waals surface area contributed by atoms with Gasteiger partial charge in [-0.1, -0.05) is 0 Å². The molecule has 8 nitrogen and oxygen atoms in total. The van der Waals surface area contributed by atoms with Crippen molar-refractivity contribution in [1.82, 2.24) is 20.1 Å².